The lowest BCUT2D eigenvalue weighted by Crippen LogP contribution is -2.45. The molecule has 3 rings (SSSR count). The van der Waals surface area contributed by atoms with E-state index >= 15 is 0 Å². The van der Waals surface area contributed by atoms with E-state index in [2.05, 4.69) is 10.1 Å². The van der Waals surface area contributed by atoms with Gasteiger partial charge < -0.3 is 15.2 Å². The minimum Gasteiger partial charge on any atom is -0.338 e. The van der Waals surface area contributed by atoms with E-state index in [1.807, 2.05) is 56.9 Å². The highest BCUT2D eigenvalue weighted by Crippen LogP contribution is 2.28. The lowest BCUT2D eigenvalue weighted by molar-refractivity contribution is 0.0661. The number of aromatic nitrogens is 2. The highest BCUT2D eigenvalue weighted by atomic mass is 35.5. The fraction of sp³-hybridized carbons (Fsp3) is 0.550. The maximum absolute atomic E-state index is 13.2. The number of likely N-dealkylation sites (tertiary alicyclic amines) is 1. The molecule has 0 bridgehead atoms. The lowest BCUT2D eigenvalue weighted by atomic mass is 9.91. The van der Waals surface area contributed by atoms with Gasteiger partial charge in [0.05, 0.1) is 11.1 Å². The number of carbonyl (C=O) groups excluding carboxylic acids is 1. The molecule has 0 aliphatic carbocycles. The van der Waals surface area contributed by atoms with Crippen molar-refractivity contribution in [2.24, 2.45) is 11.7 Å². The maximum Gasteiger partial charge on any atom is 0.258 e. The Morgan fingerprint density at radius 3 is 2.67 bits per heavy atom. The number of benzene rings is 1. The first-order valence-corrected chi connectivity index (χ1v) is 9.26. The molecule has 2 unspecified atom stereocenters. The van der Waals surface area contributed by atoms with Gasteiger partial charge in [-0.3, -0.25) is 4.79 Å². The van der Waals surface area contributed by atoms with Gasteiger partial charge in [-0.2, -0.15) is 4.98 Å². The van der Waals surface area contributed by atoms with E-state index in [-0.39, 0.29) is 29.8 Å². The molecule has 0 spiro atoms. The largest absolute Gasteiger partial charge is 0.338 e. The third kappa shape index (κ3) is 4.68. The van der Waals surface area contributed by atoms with Crippen LogP contribution in [0.15, 0.2) is 28.8 Å². The topological polar surface area (TPSA) is 85.2 Å². The molecule has 1 fully saturated rings. The van der Waals surface area contributed by atoms with E-state index in [0.29, 0.717) is 35.3 Å². The van der Waals surface area contributed by atoms with Crippen LogP contribution in [-0.4, -0.2) is 40.1 Å². The van der Waals surface area contributed by atoms with Gasteiger partial charge in [-0.15, -0.1) is 12.4 Å². The van der Waals surface area contributed by atoms with Gasteiger partial charge in [0.2, 0.25) is 0 Å². The summed E-state index contributed by atoms with van der Waals surface area (Å²) in [5, 5.41) is 4.08. The molecule has 7 heteroatoms. The molecule has 2 heterocycles. The van der Waals surface area contributed by atoms with Crippen LogP contribution < -0.4 is 5.73 Å². The summed E-state index contributed by atoms with van der Waals surface area (Å²) in [4.78, 5) is 19.6. The lowest BCUT2D eigenvalue weighted by Gasteiger charge is -2.34. The van der Waals surface area contributed by atoms with Crippen LogP contribution >= 0.6 is 12.4 Å². The van der Waals surface area contributed by atoms with Crippen LogP contribution in [0, 0.1) is 5.92 Å². The van der Waals surface area contributed by atoms with E-state index in [1.165, 1.54) is 0 Å². The minimum atomic E-state index is -0.210. The van der Waals surface area contributed by atoms with Gasteiger partial charge >= 0.3 is 0 Å². The second kappa shape index (κ2) is 8.40. The van der Waals surface area contributed by atoms with Crippen LogP contribution in [0.2, 0.25) is 0 Å². The summed E-state index contributed by atoms with van der Waals surface area (Å²) >= 11 is 0. The van der Waals surface area contributed by atoms with Crippen LogP contribution in [0.4, 0.5) is 0 Å². The Labute approximate surface area is 166 Å². The van der Waals surface area contributed by atoms with Crippen LogP contribution in [0.25, 0.3) is 11.5 Å². The van der Waals surface area contributed by atoms with E-state index in [1.54, 1.807) is 0 Å². The van der Waals surface area contributed by atoms with Crippen molar-refractivity contribution in [2.45, 2.75) is 52.0 Å². The van der Waals surface area contributed by atoms with Crippen LogP contribution in [-0.2, 0) is 5.41 Å². The summed E-state index contributed by atoms with van der Waals surface area (Å²) in [5.74, 6) is 1.36. The molecule has 2 aromatic rings. The van der Waals surface area contributed by atoms with Gasteiger partial charge in [0.1, 0.15) is 0 Å². The van der Waals surface area contributed by atoms with Gasteiger partial charge in [0.15, 0.2) is 5.82 Å². The highest BCUT2D eigenvalue weighted by molar-refractivity contribution is 6.00. The number of hydrogen-bond donors (Lipinski definition) is 1. The molecular formula is C20H29ClN4O2. The van der Waals surface area contributed by atoms with Crippen molar-refractivity contribution >= 4 is 18.3 Å². The molecule has 1 amide bonds. The van der Waals surface area contributed by atoms with E-state index in [0.717, 1.165) is 19.4 Å². The Morgan fingerprint density at radius 1 is 1.33 bits per heavy atom. The Morgan fingerprint density at radius 2 is 2.04 bits per heavy atom. The van der Waals surface area contributed by atoms with Crippen molar-refractivity contribution in [3.05, 3.63) is 35.7 Å². The SMILES string of the molecule is CC(N)C1CCCN(C(=O)c2ccccc2-c2nc(C(C)(C)C)no2)C1.Cl. The fourth-order valence-corrected chi connectivity index (χ4v) is 3.29. The summed E-state index contributed by atoms with van der Waals surface area (Å²) in [6.45, 7) is 9.55. The van der Waals surface area contributed by atoms with E-state index in [4.69, 9.17) is 10.3 Å². The van der Waals surface area contributed by atoms with E-state index < -0.39 is 0 Å². The van der Waals surface area contributed by atoms with Crippen molar-refractivity contribution in [1.29, 1.82) is 0 Å². The zero-order valence-electron chi connectivity index (χ0n) is 16.4. The first-order chi connectivity index (χ1) is 12.3. The molecule has 2 N–H and O–H groups in total. The molecule has 1 aromatic heterocycles. The fourth-order valence-electron chi connectivity index (χ4n) is 3.29. The molecule has 1 aliphatic heterocycles. The first kappa shape index (κ1) is 21.4. The Balaban J connectivity index is 0.00000261. The van der Waals surface area contributed by atoms with Crippen molar-refractivity contribution in [3.8, 4) is 11.5 Å². The smallest absolute Gasteiger partial charge is 0.258 e. The third-order valence-corrected chi connectivity index (χ3v) is 4.97. The van der Waals surface area contributed by atoms with Gasteiger partial charge in [-0.1, -0.05) is 38.1 Å². The Hall–Kier alpha value is -1.92. The monoisotopic (exact) mass is 392 g/mol. The summed E-state index contributed by atoms with van der Waals surface area (Å²) in [6, 6.07) is 7.53. The number of amides is 1. The predicted molar refractivity (Wildman–Crippen MR) is 108 cm³/mol. The van der Waals surface area contributed by atoms with Gasteiger partial charge in [0, 0.05) is 24.5 Å². The average Bonchev–Trinajstić information content (AvgIpc) is 3.11. The zero-order valence-corrected chi connectivity index (χ0v) is 17.3. The van der Waals surface area contributed by atoms with Gasteiger partial charge in [0.25, 0.3) is 11.8 Å². The number of piperidine rings is 1. The molecule has 6 nitrogen and oxygen atoms in total. The summed E-state index contributed by atoms with van der Waals surface area (Å²) in [6.07, 6.45) is 2.05. The van der Waals surface area contributed by atoms with Crippen molar-refractivity contribution < 1.29 is 9.32 Å². The molecular weight excluding hydrogens is 364 g/mol. The molecule has 1 aromatic carbocycles. The molecule has 1 saturated heterocycles. The number of nitrogens with zero attached hydrogens (tertiary/aromatic N) is 3. The summed E-state index contributed by atoms with van der Waals surface area (Å²) in [5.41, 5.74) is 7.13. The summed E-state index contributed by atoms with van der Waals surface area (Å²) < 4.78 is 5.46. The van der Waals surface area contributed by atoms with Crippen LogP contribution in [0.5, 0.6) is 0 Å². The number of hydrogen-bond acceptors (Lipinski definition) is 5. The van der Waals surface area contributed by atoms with Gasteiger partial charge in [-0.05, 0) is 37.8 Å². The number of nitrogens with two attached hydrogens (primary N) is 1. The van der Waals surface area contributed by atoms with Crippen LogP contribution in [0.1, 0.15) is 56.7 Å². The molecule has 0 saturated carbocycles. The molecule has 148 valence electrons. The van der Waals surface area contributed by atoms with Crippen molar-refractivity contribution in [2.75, 3.05) is 13.1 Å². The zero-order chi connectivity index (χ0) is 18.9. The van der Waals surface area contributed by atoms with Crippen molar-refractivity contribution in [1.82, 2.24) is 15.0 Å². The number of carbonyl (C=O) groups is 1. The highest BCUT2D eigenvalue weighted by Gasteiger charge is 2.29. The van der Waals surface area contributed by atoms with Crippen LogP contribution in [0.3, 0.4) is 0 Å². The maximum atomic E-state index is 13.2. The Bertz CT molecular complexity index is 782. The average molecular weight is 393 g/mol. The summed E-state index contributed by atoms with van der Waals surface area (Å²) in [7, 11) is 0. The predicted octanol–water partition coefficient (Wildman–Crippen LogP) is 3.66. The first-order valence-electron chi connectivity index (χ1n) is 9.26. The quantitative estimate of drug-likeness (QED) is 0.861. The second-order valence-corrected chi connectivity index (χ2v) is 8.23. The molecule has 27 heavy (non-hydrogen) atoms. The van der Waals surface area contributed by atoms with Gasteiger partial charge in [-0.25, -0.2) is 0 Å². The standard InChI is InChI=1S/C20H28N4O2.ClH/c1-13(21)14-8-7-11-24(12-14)18(25)16-10-6-5-9-15(16)17-22-19(23-26-17)20(2,3)4;/h5-6,9-10,13-14H,7-8,11-12,21H2,1-4H3;1H. The molecule has 1 aliphatic rings. The van der Waals surface area contributed by atoms with Crippen molar-refractivity contribution in [3.63, 3.8) is 0 Å². The molecule has 0 radical (unpaired) electrons. The molecule has 2 atom stereocenters. The Kier molecular flexibility index (Phi) is 6.65. The normalized spacial score (nSPS) is 18.7. The number of rotatable bonds is 3. The number of halogens is 1. The minimum absolute atomic E-state index is 0. The third-order valence-electron chi connectivity index (χ3n) is 4.97. The second-order valence-electron chi connectivity index (χ2n) is 8.23. The van der Waals surface area contributed by atoms with E-state index in [9.17, 15) is 4.79 Å².